The number of hydrogen-bond acceptors (Lipinski definition) is 5. The van der Waals surface area contributed by atoms with Gasteiger partial charge in [-0.3, -0.25) is 4.79 Å². The van der Waals surface area contributed by atoms with E-state index in [1.54, 1.807) is 42.5 Å². The molecule has 1 aliphatic rings. The van der Waals surface area contributed by atoms with Crippen molar-refractivity contribution in [1.82, 2.24) is 0 Å². The zero-order chi connectivity index (χ0) is 15.7. The number of nitrogens with zero attached hydrogens (tertiary/aromatic N) is 1. The molecule has 3 rings (SSSR count). The number of hydrogen-bond donors (Lipinski definition) is 2. The maximum atomic E-state index is 12.8. The van der Waals surface area contributed by atoms with Gasteiger partial charge in [0.15, 0.2) is 0 Å². The molecule has 2 amide bonds. The number of nitrogens with two attached hydrogens (primary N) is 2. The molecule has 6 heteroatoms. The number of anilines is 3. The van der Waals surface area contributed by atoms with E-state index in [-0.39, 0.29) is 6.61 Å². The van der Waals surface area contributed by atoms with E-state index in [0.717, 1.165) is 10.5 Å². The molecule has 1 aliphatic heterocycles. The summed E-state index contributed by atoms with van der Waals surface area (Å²) in [6, 6.07) is 11.5. The fourth-order valence-corrected chi connectivity index (χ4v) is 2.37. The van der Waals surface area contributed by atoms with Crippen molar-refractivity contribution < 1.29 is 14.3 Å². The first-order valence-corrected chi connectivity index (χ1v) is 6.81. The molecule has 4 N–H and O–H groups in total. The van der Waals surface area contributed by atoms with Gasteiger partial charge in [0, 0.05) is 23.4 Å². The lowest BCUT2D eigenvalue weighted by atomic mass is 10.0. The van der Waals surface area contributed by atoms with E-state index in [2.05, 4.69) is 0 Å². The van der Waals surface area contributed by atoms with Crippen LogP contribution in [0.4, 0.5) is 21.9 Å². The van der Waals surface area contributed by atoms with Crippen LogP contribution in [0.15, 0.2) is 42.5 Å². The Hall–Kier alpha value is -3.02. The van der Waals surface area contributed by atoms with Gasteiger partial charge < -0.3 is 16.2 Å². The van der Waals surface area contributed by atoms with Gasteiger partial charge in [-0.25, -0.2) is 9.69 Å². The molecular weight excluding hydrogens is 282 g/mol. The Kier molecular flexibility index (Phi) is 3.42. The van der Waals surface area contributed by atoms with E-state index in [1.165, 1.54) is 0 Å². The number of rotatable bonds is 1. The second-order valence-electron chi connectivity index (χ2n) is 5.01. The van der Waals surface area contributed by atoms with Crippen LogP contribution in [-0.4, -0.2) is 18.6 Å². The zero-order valence-corrected chi connectivity index (χ0v) is 11.8. The van der Waals surface area contributed by atoms with Crippen LogP contribution < -0.4 is 16.4 Å². The Morgan fingerprint density at radius 2 is 1.64 bits per heavy atom. The number of cyclic esters (lactones) is 1. The molecule has 0 fully saturated rings. The second kappa shape index (κ2) is 5.40. The number of amides is 2. The number of fused-ring (bicyclic) bond motifs is 1. The summed E-state index contributed by atoms with van der Waals surface area (Å²) < 4.78 is 5.14. The van der Waals surface area contributed by atoms with Crippen molar-refractivity contribution in [3.63, 3.8) is 0 Å². The molecule has 6 nitrogen and oxygen atoms in total. The summed E-state index contributed by atoms with van der Waals surface area (Å²) >= 11 is 0. The minimum Gasteiger partial charge on any atom is -0.448 e. The van der Waals surface area contributed by atoms with E-state index in [0.29, 0.717) is 29.0 Å². The van der Waals surface area contributed by atoms with Gasteiger partial charge in [-0.1, -0.05) is 6.07 Å². The number of carbonyl (C=O) groups is 2. The van der Waals surface area contributed by atoms with Gasteiger partial charge in [0.1, 0.15) is 0 Å². The Morgan fingerprint density at radius 1 is 0.955 bits per heavy atom. The summed E-state index contributed by atoms with van der Waals surface area (Å²) in [6.45, 7) is 0.203. The van der Waals surface area contributed by atoms with Crippen molar-refractivity contribution in [3.05, 3.63) is 53.6 Å². The Balaban J connectivity index is 2.10. The number of carbonyl (C=O) groups excluding carboxylic acids is 2. The van der Waals surface area contributed by atoms with Gasteiger partial charge in [0.2, 0.25) is 0 Å². The summed E-state index contributed by atoms with van der Waals surface area (Å²) in [5.41, 5.74) is 14.0. The standard InChI is InChI=1S/C16H15N3O3/c17-11-3-5-13(6-4-11)19-15(20)14-9-12(18)2-1-10(14)7-8-22-16(19)21/h1-6,9H,7-8,17-18H2. The topological polar surface area (TPSA) is 98.7 Å². The largest absolute Gasteiger partial charge is 0.448 e. The lowest BCUT2D eigenvalue weighted by Gasteiger charge is -2.24. The lowest BCUT2D eigenvalue weighted by molar-refractivity contribution is 0.0955. The number of imide groups is 1. The molecule has 2 aromatic rings. The smallest absolute Gasteiger partial charge is 0.421 e. The normalized spacial score (nSPS) is 14.8. The first kappa shape index (κ1) is 13.9. The van der Waals surface area contributed by atoms with E-state index < -0.39 is 12.0 Å². The number of ether oxygens (including phenoxy) is 1. The molecule has 1 heterocycles. The maximum absolute atomic E-state index is 12.8. The highest BCUT2D eigenvalue weighted by Gasteiger charge is 2.29. The molecule has 112 valence electrons. The van der Waals surface area contributed by atoms with E-state index >= 15 is 0 Å². The van der Waals surface area contributed by atoms with Crippen molar-refractivity contribution in [2.75, 3.05) is 23.0 Å². The van der Waals surface area contributed by atoms with Gasteiger partial charge in [0.05, 0.1) is 12.3 Å². The predicted molar refractivity (Wildman–Crippen MR) is 83.6 cm³/mol. The molecule has 0 atom stereocenters. The summed E-state index contributed by atoms with van der Waals surface area (Å²) in [5.74, 6) is -0.461. The molecule has 0 bridgehead atoms. The van der Waals surface area contributed by atoms with Crippen molar-refractivity contribution in [2.24, 2.45) is 0 Å². The zero-order valence-electron chi connectivity index (χ0n) is 11.8. The minimum atomic E-state index is -0.706. The predicted octanol–water partition coefficient (Wildman–Crippen LogP) is 2.19. The van der Waals surface area contributed by atoms with Gasteiger partial charge in [-0.05, 0) is 42.0 Å². The molecule has 0 spiro atoms. The van der Waals surface area contributed by atoms with E-state index in [4.69, 9.17) is 16.2 Å². The van der Waals surface area contributed by atoms with Crippen LogP contribution in [-0.2, 0) is 11.2 Å². The molecule has 22 heavy (non-hydrogen) atoms. The van der Waals surface area contributed by atoms with E-state index in [1.807, 2.05) is 0 Å². The number of nitrogen functional groups attached to an aromatic ring is 2. The van der Waals surface area contributed by atoms with Gasteiger partial charge in [-0.15, -0.1) is 0 Å². The Labute approximate surface area is 127 Å². The van der Waals surface area contributed by atoms with Crippen LogP contribution in [0.3, 0.4) is 0 Å². The highest BCUT2D eigenvalue weighted by atomic mass is 16.6. The second-order valence-corrected chi connectivity index (χ2v) is 5.01. The Bertz CT molecular complexity index is 741. The van der Waals surface area contributed by atoms with Crippen molar-refractivity contribution in [1.29, 1.82) is 0 Å². The molecule has 0 saturated heterocycles. The quantitative estimate of drug-likeness (QED) is 0.786. The summed E-state index contributed by atoms with van der Waals surface area (Å²) in [6.07, 6.45) is -0.231. The Morgan fingerprint density at radius 3 is 2.36 bits per heavy atom. The van der Waals surface area contributed by atoms with Gasteiger partial charge in [0.25, 0.3) is 5.91 Å². The molecular formula is C16H15N3O3. The first-order valence-electron chi connectivity index (χ1n) is 6.81. The van der Waals surface area contributed by atoms with Crippen LogP contribution in [0.1, 0.15) is 15.9 Å². The minimum absolute atomic E-state index is 0.203. The van der Waals surface area contributed by atoms with Crippen LogP contribution in [0, 0.1) is 0 Å². The SMILES string of the molecule is Nc1ccc(N2C(=O)OCCc3ccc(N)cc3C2=O)cc1. The molecule has 0 radical (unpaired) electrons. The van der Waals surface area contributed by atoms with E-state index in [9.17, 15) is 9.59 Å². The molecule has 0 aliphatic carbocycles. The average molecular weight is 297 g/mol. The molecule has 0 aromatic heterocycles. The van der Waals surface area contributed by atoms with Crippen LogP contribution in [0.5, 0.6) is 0 Å². The highest BCUT2D eigenvalue weighted by molar-refractivity contribution is 6.20. The summed E-state index contributed by atoms with van der Waals surface area (Å²) in [5, 5.41) is 0. The van der Waals surface area contributed by atoms with Crippen LogP contribution in [0.25, 0.3) is 0 Å². The first-order chi connectivity index (χ1) is 10.6. The van der Waals surface area contributed by atoms with Crippen molar-refractivity contribution in [3.8, 4) is 0 Å². The monoisotopic (exact) mass is 297 g/mol. The third-order valence-corrected chi connectivity index (χ3v) is 3.50. The summed E-state index contributed by atoms with van der Waals surface area (Å²) in [4.78, 5) is 26.0. The molecule has 2 aromatic carbocycles. The van der Waals surface area contributed by atoms with Crippen LogP contribution in [0.2, 0.25) is 0 Å². The van der Waals surface area contributed by atoms with Crippen LogP contribution >= 0.6 is 0 Å². The lowest BCUT2D eigenvalue weighted by Crippen LogP contribution is -2.39. The third kappa shape index (κ3) is 2.46. The fraction of sp³-hybridized carbons (Fsp3) is 0.125. The highest BCUT2D eigenvalue weighted by Crippen LogP contribution is 2.25. The summed E-state index contributed by atoms with van der Waals surface area (Å²) in [7, 11) is 0. The average Bonchev–Trinajstić information content (AvgIpc) is 2.49. The van der Waals surface area contributed by atoms with Gasteiger partial charge >= 0.3 is 6.09 Å². The molecule has 0 saturated carbocycles. The maximum Gasteiger partial charge on any atom is 0.421 e. The molecule has 0 unspecified atom stereocenters. The van der Waals surface area contributed by atoms with Gasteiger partial charge in [-0.2, -0.15) is 0 Å². The van der Waals surface area contributed by atoms with Crippen molar-refractivity contribution >= 4 is 29.1 Å². The fourth-order valence-electron chi connectivity index (χ4n) is 2.37. The van der Waals surface area contributed by atoms with Crippen molar-refractivity contribution in [2.45, 2.75) is 6.42 Å². The number of benzene rings is 2. The third-order valence-electron chi connectivity index (χ3n) is 3.50.